The van der Waals surface area contributed by atoms with Gasteiger partial charge in [-0.05, 0) is 67.6 Å². The van der Waals surface area contributed by atoms with Crippen molar-refractivity contribution in [3.63, 3.8) is 0 Å². The van der Waals surface area contributed by atoms with Gasteiger partial charge in [0.15, 0.2) is 0 Å². The third kappa shape index (κ3) is 8.43. The van der Waals surface area contributed by atoms with Crippen LogP contribution in [0.5, 0.6) is 0 Å². The average molecular weight is 447 g/mol. The van der Waals surface area contributed by atoms with Crippen molar-refractivity contribution < 1.29 is 19.8 Å². The predicted octanol–water partition coefficient (Wildman–Crippen LogP) is 4.64. The van der Waals surface area contributed by atoms with E-state index in [1.54, 1.807) is 0 Å². The van der Waals surface area contributed by atoms with Crippen LogP contribution in [0.15, 0.2) is 91.3 Å². The quantitative estimate of drug-likeness (QED) is 0.517. The molecule has 33 heavy (non-hydrogen) atoms. The van der Waals surface area contributed by atoms with E-state index in [4.69, 9.17) is 10.2 Å². The van der Waals surface area contributed by atoms with Gasteiger partial charge in [0, 0.05) is 36.8 Å². The second-order valence-corrected chi connectivity index (χ2v) is 8.18. The SMILES string of the molecule is O=C(O)C=CC(=O)O.c1ccc(CC2CCN(Cc3ccn(-c4ccccc4)c3)CC2)cc1. The van der Waals surface area contributed by atoms with E-state index in [1.807, 2.05) is 0 Å². The summed E-state index contributed by atoms with van der Waals surface area (Å²) in [6, 6.07) is 23.7. The first-order chi connectivity index (χ1) is 16.0. The number of carboxylic acids is 2. The molecule has 1 fully saturated rings. The van der Waals surface area contributed by atoms with Crippen molar-refractivity contribution in [2.24, 2.45) is 5.92 Å². The summed E-state index contributed by atoms with van der Waals surface area (Å²) < 4.78 is 2.22. The van der Waals surface area contributed by atoms with Gasteiger partial charge in [0.25, 0.3) is 0 Å². The van der Waals surface area contributed by atoms with Crippen molar-refractivity contribution in [2.75, 3.05) is 13.1 Å². The zero-order valence-electron chi connectivity index (χ0n) is 18.6. The molecule has 0 atom stereocenters. The number of carbonyl (C=O) groups is 2. The van der Waals surface area contributed by atoms with E-state index < -0.39 is 11.9 Å². The Hall–Kier alpha value is -3.64. The fourth-order valence-electron chi connectivity index (χ4n) is 3.99. The van der Waals surface area contributed by atoms with Gasteiger partial charge in [-0.25, -0.2) is 9.59 Å². The summed E-state index contributed by atoms with van der Waals surface area (Å²) in [7, 11) is 0. The molecule has 0 bridgehead atoms. The minimum Gasteiger partial charge on any atom is -0.478 e. The highest BCUT2D eigenvalue weighted by Gasteiger charge is 2.19. The van der Waals surface area contributed by atoms with Gasteiger partial charge in [0.2, 0.25) is 0 Å². The van der Waals surface area contributed by atoms with Crippen LogP contribution < -0.4 is 0 Å². The largest absolute Gasteiger partial charge is 0.478 e. The lowest BCUT2D eigenvalue weighted by molar-refractivity contribution is -0.134. The van der Waals surface area contributed by atoms with Gasteiger partial charge in [-0.2, -0.15) is 0 Å². The Bertz CT molecular complexity index is 1020. The summed E-state index contributed by atoms with van der Waals surface area (Å²) >= 11 is 0. The number of aromatic nitrogens is 1. The zero-order valence-corrected chi connectivity index (χ0v) is 18.6. The minimum atomic E-state index is -1.26. The van der Waals surface area contributed by atoms with Crippen LogP contribution in [0.3, 0.4) is 0 Å². The maximum Gasteiger partial charge on any atom is 0.328 e. The van der Waals surface area contributed by atoms with Gasteiger partial charge < -0.3 is 14.8 Å². The van der Waals surface area contributed by atoms with Crippen LogP contribution >= 0.6 is 0 Å². The third-order valence-electron chi connectivity index (χ3n) is 5.66. The minimum absolute atomic E-state index is 0.558. The molecule has 0 radical (unpaired) electrons. The molecule has 172 valence electrons. The molecule has 2 aromatic carbocycles. The van der Waals surface area contributed by atoms with Crippen molar-refractivity contribution in [3.05, 3.63) is 102 Å². The maximum atomic E-state index is 9.55. The number of aliphatic carboxylic acids is 2. The van der Waals surface area contributed by atoms with E-state index in [-0.39, 0.29) is 0 Å². The van der Waals surface area contributed by atoms with Crippen LogP contribution in [-0.4, -0.2) is 44.7 Å². The molecule has 2 N–H and O–H groups in total. The molecule has 0 amide bonds. The molecule has 1 saturated heterocycles. The van der Waals surface area contributed by atoms with E-state index in [1.165, 1.54) is 49.2 Å². The first-order valence-electron chi connectivity index (χ1n) is 11.1. The molecule has 0 spiro atoms. The van der Waals surface area contributed by atoms with Gasteiger partial charge >= 0.3 is 11.9 Å². The summed E-state index contributed by atoms with van der Waals surface area (Å²) in [5.41, 5.74) is 4.13. The number of carboxylic acid groups (broad SMARTS) is 2. The second kappa shape index (κ2) is 12.4. The number of likely N-dealkylation sites (tertiary alicyclic amines) is 1. The Morgan fingerprint density at radius 2 is 1.39 bits per heavy atom. The first-order valence-corrected chi connectivity index (χ1v) is 11.1. The van der Waals surface area contributed by atoms with Gasteiger partial charge in [-0.1, -0.05) is 48.5 Å². The van der Waals surface area contributed by atoms with E-state index in [2.05, 4.69) is 88.6 Å². The molecule has 1 aromatic heterocycles. The topological polar surface area (TPSA) is 82.8 Å². The number of hydrogen-bond acceptors (Lipinski definition) is 3. The summed E-state index contributed by atoms with van der Waals surface area (Å²) in [5, 5.41) is 15.6. The van der Waals surface area contributed by atoms with Crippen LogP contribution in [0.1, 0.15) is 24.0 Å². The Balaban J connectivity index is 0.000000331. The monoisotopic (exact) mass is 446 g/mol. The number of benzene rings is 2. The molecule has 1 aliphatic heterocycles. The van der Waals surface area contributed by atoms with E-state index in [0.29, 0.717) is 12.2 Å². The van der Waals surface area contributed by atoms with Crippen LogP contribution in [0.25, 0.3) is 5.69 Å². The molecule has 1 aliphatic rings. The molecule has 6 nitrogen and oxygen atoms in total. The Labute approximate surface area is 194 Å². The molecule has 4 rings (SSSR count). The van der Waals surface area contributed by atoms with E-state index >= 15 is 0 Å². The highest BCUT2D eigenvalue weighted by Crippen LogP contribution is 2.23. The molecule has 2 heterocycles. The van der Waals surface area contributed by atoms with Gasteiger partial charge in [-0.15, -0.1) is 0 Å². The number of hydrogen-bond donors (Lipinski definition) is 2. The van der Waals surface area contributed by atoms with Gasteiger partial charge in [0.1, 0.15) is 0 Å². The van der Waals surface area contributed by atoms with Crippen molar-refractivity contribution in [3.8, 4) is 5.69 Å². The number of rotatable bonds is 7. The molecule has 0 aliphatic carbocycles. The lowest BCUT2D eigenvalue weighted by atomic mass is 9.90. The Morgan fingerprint density at radius 3 is 1.97 bits per heavy atom. The smallest absolute Gasteiger partial charge is 0.328 e. The van der Waals surface area contributed by atoms with Gasteiger partial charge in [-0.3, -0.25) is 4.90 Å². The average Bonchev–Trinajstić information content (AvgIpc) is 3.29. The highest BCUT2D eigenvalue weighted by molar-refractivity contribution is 5.89. The fraction of sp³-hybridized carbons (Fsp3) is 0.259. The third-order valence-corrected chi connectivity index (χ3v) is 5.66. The molecule has 3 aromatic rings. The standard InChI is InChI=1S/C23H26N2.C4H4O4/c1-3-7-20(8-4-1)17-21-11-14-24(15-12-21)18-22-13-16-25(19-22)23-9-5-2-6-10-23;5-3(6)1-2-4(7)8/h1-10,13,16,19,21H,11-12,14-15,17-18H2;1-2H,(H,5,6)(H,7,8). The summed E-state index contributed by atoms with van der Waals surface area (Å²) in [6.07, 6.45) is 9.42. The Kier molecular flexibility index (Phi) is 9.03. The number of nitrogens with zero attached hydrogens (tertiary/aromatic N) is 2. The fourth-order valence-corrected chi connectivity index (χ4v) is 3.99. The summed E-state index contributed by atoms with van der Waals surface area (Å²) in [5.74, 6) is -1.67. The molecular formula is C27H30N2O4. The van der Waals surface area contributed by atoms with Crippen LogP contribution in [0.4, 0.5) is 0 Å². The van der Waals surface area contributed by atoms with E-state index in [9.17, 15) is 9.59 Å². The maximum absolute atomic E-state index is 9.55. The lowest BCUT2D eigenvalue weighted by Gasteiger charge is -2.31. The second-order valence-electron chi connectivity index (χ2n) is 8.18. The number of para-hydroxylation sites is 1. The molecule has 6 heteroatoms. The first kappa shape index (κ1) is 24.0. The van der Waals surface area contributed by atoms with Crippen LogP contribution in [0, 0.1) is 5.92 Å². The zero-order chi connectivity index (χ0) is 23.5. The van der Waals surface area contributed by atoms with Crippen molar-refractivity contribution in [1.82, 2.24) is 9.47 Å². The van der Waals surface area contributed by atoms with Crippen molar-refractivity contribution in [1.29, 1.82) is 0 Å². The Morgan fingerprint density at radius 1 is 0.818 bits per heavy atom. The summed E-state index contributed by atoms with van der Waals surface area (Å²) in [6.45, 7) is 3.50. The lowest BCUT2D eigenvalue weighted by Crippen LogP contribution is -2.33. The van der Waals surface area contributed by atoms with Crippen LogP contribution in [0.2, 0.25) is 0 Å². The van der Waals surface area contributed by atoms with Crippen molar-refractivity contribution >= 4 is 11.9 Å². The normalized spacial score (nSPS) is 14.5. The molecule has 0 saturated carbocycles. The predicted molar refractivity (Wildman–Crippen MR) is 128 cm³/mol. The van der Waals surface area contributed by atoms with Crippen LogP contribution in [-0.2, 0) is 22.6 Å². The molecule has 0 unspecified atom stereocenters. The molecular weight excluding hydrogens is 416 g/mol. The van der Waals surface area contributed by atoms with Crippen molar-refractivity contribution in [2.45, 2.75) is 25.8 Å². The summed E-state index contributed by atoms with van der Waals surface area (Å²) in [4.78, 5) is 21.7. The van der Waals surface area contributed by atoms with Gasteiger partial charge in [0.05, 0.1) is 0 Å². The number of piperidine rings is 1. The van der Waals surface area contributed by atoms with E-state index in [0.717, 1.165) is 12.5 Å². The highest BCUT2D eigenvalue weighted by atomic mass is 16.4.